The van der Waals surface area contributed by atoms with Crippen molar-refractivity contribution in [2.75, 3.05) is 11.9 Å². The second-order valence-electron chi connectivity index (χ2n) is 4.41. The third-order valence-corrected chi connectivity index (χ3v) is 2.62. The van der Waals surface area contributed by atoms with Crippen molar-refractivity contribution in [2.24, 2.45) is 0 Å². The van der Waals surface area contributed by atoms with Crippen molar-refractivity contribution in [1.82, 2.24) is 5.32 Å². The monoisotopic (exact) mass is 266 g/mol. The molecule has 6 heteroatoms. The first kappa shape index (κ1) is 15.0. The number of benzene rings is 1. The van der Waals surface area contributed by atoms with Gasteiger partial charge in [-0.05, 0) is 17.5 Å². The summed E-state index contributed by atoms with van der Waals surface area (Å²) in [5.41, 5.74) is 1.57. The standard InChI is InChI=1S/C13H18N2O4/c1-8(2)9-5-3-4-6-10(9)14-13(19)15-11(7-16)12(17)18/h3-6,8,11,16H,7H2,1-2H3,(H,17,18)(H2,14,15,19)/t11-/m0/s1. The minimum atomic E-state index is -1.31. The van der Waals surface area contributed by atoms with Crippen LogP contribution in [0.25, 0.3) is 0 Å². The molecule has 0 aromatic heterocycles. The summed E-state index contributed by atoms with van der Waals surface area (Å²) < 4.78 is 0. The fourth-order valence-corrected chi connectivity index (χ4v) is 1.62. The highest BCUT2D eigenvalue weighted by molar-refractivity contribution is 5.93. The number of nitrogens with one attached hydrogen (secondary N) is 2. The zero-order valence-electron chi connectivity index (χ0n) is 10.9. The lowest BCUT2D eigenvalue weighted by Crippen LogP contribution is -2.45. The predicted molar refractivity (Wildman–Crippen MR) is 71.2 cm³/mol. The molecule has 6 nitrogen and oxygen atoms in total. The lowest BCUT2D eigenvalue weighted by molar-refractivity contribution is -0.140. The molecule has 1 aromatic rings. The van der Waals surface area contributed by atoms with Crippen LogP contribution in [0.1, 0.15) is 25.3 Å². The van der Waals surface area contributed by atoms with E-state index in [0.29, 0.717) is 5.69 Å². The fraction of sp³-hybridized carbons (Fsp3) is 0.385. The highest BCUT2D eigenvalue weighted by Gasteiger charge is 2.19. The Morgan fingerprint density at radius 3 is 2.42 bits per heavy atom. The maximum Gasteiger partial charge on any atom is 0.328 e. The maximum absolute atomic E-state index is 11.7. The van der Waals surface area contributed by atoms with Crippen LogP contribution in [0.2, 0.25) is 0 Å². The van der Waals surface area contributed by atoms with E-state index in [1.165, 1.54) is 0 Å². The molecule has 1 rings (SSSR count). The van der Waals surface area contributed by atoms with Gasteiger partial charge in [-0.15, -0.1) is 0 Å². The first-order valence-electron chi connectivity index (χ1n) is 5.95. The highest BCUT2D eigenvalue weighted by Crippen LogP contribution is 2.23. The van der Waals surface area contributed by atoms with Crippen LogP contribution >= 0.6 is 0 Å². The van der Waals surface area contributed by atoms with E-state index in [0.717, 1.165) is 5.56 Å². The molecule has 0 fully saturated rings. The van der Waals surface area contributed by atoms with E-state index in [-0.39, 0.29) is 5.92 Å². The fourth-order valence-electron chi connectivity index (χ4n) is 1.62. The van der Waals surface area contributed by atoms with Gasteiger partial charge in [0, 0.05) is 5.69 Å². The molecule has 0 saturated carbocycles. The summed E-state index contributed by atoms with van der Waals surface area (Å²) in [5, 5.41) is 22.3. The Hall–Kier alpha value is -2.08. The molecule has 0 unspecified atom stereocenters. The zero-order chi connectivity index (χ0) is 14.4. The molecule has 0 bridgehead atoms. The van der Waals surface area contributed by atoms with Gasteiger partial charge in [-0.1, -0.05) is 32.0 Å². The Morgan fingerprint density at radius 1 is 1.26 bits per heavy atom. The van der Waals surface area contributed by atoms with Crippen molar-refractivity contribution in [3.63, 3.8) is 0 Å². The molecule has 4 N–H and O–H groups in total. The van der Waals surface area contributed by atoms with E-state index in [1.807, 2.05) is 26.0 Å². The van der Waals surface area contributed by atoms with Crippen LogP contribution in [0.4, 0.5) is 10.5 Å². The molecular formula is C13H18N2O4. The van der Waals surface area contributed by atoms with Gasteiger partial charge in [0.25, 0.3) is 0 Å². The summed E-state index contributed by atoms with van der Waals surface area (Å²) in [6.07, 6.45) is 0. The number of urea groups is 1. The van der Waals surface area contributed by atoms with Crippen LogP contribution in [0.5, 0.6) is 0 Å². The Balaban J connectivity index is 2.74. The number of hydrogen-bond acceptors (Lipinski definition) is 3. The third kappa shape index (κ3) is 4.26. The first-order valence-corrected chi connectivity index (χ1v) is 5.95. The Labute approximate surface area is 111 Å². The number of rotatable bonds is 5. The molecule has 19 heavy (non-hydrogen) atoms. The minimum Gasteiger partial charge on any atom is -0.480 e. The van der Waals surface area contributed by atoms with Crippen molar-refractivity contribution in [1.29, 1.82) is 0 Å². The van der Waals surface area contributed by atoms with E-state index >= 15 is 0 Å². The van der Waals surface area contributed by atoms with Gasteiger partial charge in [0.2, 0.25) is 0 Å². The molecule has 1 aromatic carbocycles. The Bertz CT molecular complexity index is 460. The molecule has 0 heterocycles. The van der Waals surface area contributed by atoms with Crippen LogP contribution in [0.3, 0.4) is 0 Å². The molecule has 104 valence electrons. The lowest BCUT2D eigenvalue weighted by Gasteiger charge is -2.16. The van der Waals surface area contributed by atoms with Crippen LogP contribution in [0.15, 0.2) is 24.3 Å². The van der Waals surface area contributed by atoms with Crippen LogP contribution in [0, 0.1) is 0 Å². The van der Waals surface area contributed by atoms with E-state index in [2.05, 4.69) is 10.6 Å². The van der Waals surface area contributed by atoms with Gasteiger partial charge < -0.3 is 20.8 Å². The third-order valence-electron chi connectivity index (χ3n) is 2.62. The quantitative estimate of drug-likeness (QED) is 0.647. The van der Waals surface area contributed by atoms with Crippen LogP contribution in [-0.2, 0) is 4.79 Å². The number of anilines is 1. The van der Waals surface area contributed by atoms with Crippen LogP contribution < -0.4 is 10.6 Å². The minimum absolute atomic E-state index is 0.226. The summed E-state index contributed by atoms with van der Waals surface area (Å²) in [6, 6.07) is 5.31. The normalized spacial score (nSPS) is 12.0. The number of aliphatic hydroxyl groups is 1. The highest BCUT2D eigenvalue weighted by atomic mass is 16.4. The second-order valence-corrected chi connectivity index (χ2v) is 4.41. The molecule has 0 aliphatic carbocycles. The molecule has 0 aliphatic heterocycles. The average molecular weight is 266 g/mol. The predicted octanol–water partition coefficient (Wildman–Crippen LogP) is 1.38. The number of hydrogen-bond donors (Lipinski definition) is 4. The smallest absolute Gasteiger partial charge is 0.328 e. The first-order chi connectivity index (χ1) is 8.95. The van der Waals surface area contributed by atoms with Crippen LogP contribution in [-0.4, -0.2) is 34.9 Å². The summed E-state index contributed by atoms with van der Waals surface area (Å²) in [4.78, 5) is 22.4. The number of aliphatic hydroxyl groups excluding tert-OH is 1. The molecule has 0 radical (unpaired) electrons. The molecule has 2 amide bonds. The summed E-state index contributed by atoms with van der Waals surface area (Å²) >= 11 is 0. The second kappa shape index (κ2) is 6.75. The van der Waals surface area contributed by atoms with E-state index in [9.17, 15) is 9.59 Å². The number of carboxylic acid groups (broad SMARTS) is 1. The van der Waals surface area contributed by atoms with Gasteiger partial charge >= 0.3 is 12.0 Å². The lowest BCUT2D eigenvalue weighted by atomic mass is 10.0. The Morgan fingerprint density at radius 2 is 1.89 bits per heavy atom. The van der Waals surface area contributed by atoms with E-state index in [1.54, 1.807) is 12.1 Å². The molecule has 0 aliphatic rings. The SMILES string of the molecule is CC(C)c1ccccc1NC(=O)N[C@@H](CO)C(=O)O. The summed E-state index contributed by atoms with van der Waals surface area (Å²) in [6.45, 7) is 3.33. The largest absolute Gasteiger partial charge is 0.480 e. The molecule has 0 saturated heterocycles. The van der Waals surface area contributed by atoms with E-state index in [4.69, 9.17) is 10.2 Å². The van der Waals surface area contributed by atoms with Gasteiger partial charge in [-0.2, -0.15) is 0 Å². The number of carbonyl (C=O) groups excluding carboxylic acids is 1. The van der Waals surface area contributed by atoms with Crippen molar-refractivity contribution >= 4 is 17.7 Å². The van der Waals surface area contributed by atoms with Gasteiger partial charge in [0.1, 0.15) is 0 Å². The summed E-state index contributed by atoms with van der Waals surface area (Å²) in [5.74, 6) is -1.06. The number of para-hydroxylation sites is 1. The molecule has 0 spiro atoms. The zero-order valence-corrected chi connectivity index (χ0v) is 10.9. The molecular weight excluding hydrogens is 248 g/mol. The summed E-state index contributed by atoms with van der Waals surface area (Å²) in [7, 11) is 0. The number of carboxylic acids is 1. The van der Waals surface area contributed by atoms with Gasteiger partial charge in [-0.25, -0.2) is 9.59 Å². The van der Waals surface area contributed by atoms with E-state index < -0.39 is 24.6 Å². The van der Waals surface area contributed by atoms with Crippen molar-refractivity contribution in [2.45, 2.75) is 25.8 Å². The Kier molecular flexibility index (Phi) is 5.32. The van der Waals surface area contributed by atoms with Gasteiger partial charge in [0.15, 0.2) is 6.04 Å². The van der Waals surface area contributed by atoms with Crippen molar-refractivity contribution < 1.29 is 19.8 Å². The average Bonchev–Trinajstić information content (AvgIpc) is 2.35. The van der Waals surface area contributed by atoms with Gasteiger partial charge in [0.05, 0.1) is 6.61 Å². The number of carbonyl (C=O) groups is 2. The number of aliphatic carboxylic acids is 1. The topological polar surface area (TPSA) is 98.7 Å². The van der Waals surface area contributed by atoms with Crippen molar-refractivity contribution in [3.8, 4) is 0 Å². The van der Waals surface area contributed by atoms with Gasteiger partial charge in [-0.3, -0.25) is 0 Å². The number of amides is 2. The maximum atomic E-state index is 11.7. The molecule has 1 atom stereocenters. The van der Waals surface area contributed by atoms with Crippen molar-refractivity contribution in [3.05, 3.63) is 29.8 Å².